The number of anilines is 1. The fourth-order valence-electron chi connectivity index (χ4n) is 2.83. The van der Waals surface area contributed by atoms with Crippen molar-refractivity contribution in [1.82, 2.24) is 9.97 Å². The van der Waals surface area contributed by atoms with Crippen LogP contribution in [0.4, 0.5) is 5.69 Å². The van der Waals surface area contributed by atoms with Crippen molar-refractivity contribution < 1.29 is 9.53 Å². The quantitative estimate of drug-likeness (QED) is 0.597. The van der Waals surface area contributed by atoms with Crippen molar-refractivity contribution >= 4 is 45.9 Å². The van der Waals surface area contributed by atoms with E-state index in [0.717, 1.165) is 11.1 Å². The zero-order valence-electron chi connectivity index (χ0n) is 14.6. The van der Waals surface area contributed by atoms with Gasteiger partial charge in [-0.3, -0.25) is 9.97 Å². The van der Waals surface area contributed by atoms with Crippen LogP contribution in [0.1, 0.15) is 17.3 Å². The molecule has 0 aliphatic carbocycles. The van der Waals surface area contributed by atoms with E-state index < -0.39 is 5.97 Å². The number of rotatable bonds is 4. The summed E-state index contributed by atoms with van der Waals surface area (Å²) in [6.45, 7) is 2.05. The smallest absolute Gasteiger partial charge is 0.341 e. The molecule has 0 saturated carbocycles. The second-order valence-corrected chi connectivity index (χ2v) is 6.72. The van der Waals surface area contributed by atoms with Gasteiger partial charge in [0.25, 0.3) is 0 Å². The van der Waals surface area contributed by atoms with Crippen molar-refractivity contribution in [1.29, 1.82) is 0 Å². The summed E-state index contributed by atoms with van der Waals surface area (Å²) in [4.78, 5) is 23.1. The van der Waals surface area contributed by atoms with E-state index in [1.807, 2.05) is 37.2 Å². The number of carbonyl (C=O) groups excluding carboxylic acids is 1. The highest BCUT2D eigenvalue weighted by Gasteiger charge is 2.20. The zero-order chi connectivity index (χ0) is 18.8. The Morgan fingerprint density at radius 3 is 2.42 bits per heavy atom. The lowest BCUT2D eigenvalue weighted by Gasteiger charge is -2.19. The molecule has 0 aliphatic rings. The summed E-state index contributed by atoms with van der Waals surface area (Å²) in [5.74, 6) is -0.427. The van der Waals surface area contributed by atoms with Gasteiger partial charge < -0.3 is 9.64 Å². The minimum Gasteiger partial charge on any atom is -0.462 e. The molecule has 2 aromatic heterocycles. The molecule has 3 aromatic rings. The second kappa shape index (κ2) is 7.48. The van der Waals surface area contributed by atoms with Gasteiger partial charge in [0.2, 0.25) is 0 Å². The molecule has 7 heteroatoms. The van der Waals surface area contributed by atoms with Crippen LogP contribution >= 0.6 is 23.2 Å². The van der Waals surface area contributed by atoms with Gasteiger partial charge in [-0.2, -0.15) is 0 Å². The van der Waals surface area contributed by atoms with E-state index in [2.05, 4.69) is 9.97 Å². The molecule has 0 fully saturated rings. The maximum atomic E-state index is 12.3. The van der Waals surface area contributed by atoms with E-state index in [1.165, 1.54) is 6.20 Å². The molecule has 3 rings (SSSR count). The highest BCUT2D eigenvalue weighted by atomic mass is 35.5. The zero-order valence-corrected chi connectivity index (χ0v) is 16.1. The largest absolute Gasteiger partial charge is 0.462 e. The van der Waals surface area contributed by atoms with Gasteiger partial charge in [-0.05, 0) is 36.8 Å². The molecule has 0 atom stereocenters. The Kier molecular flexibility index (Phi) is 5.30. The van der Waals surface area contributed by atoms with Gasteiger partial charge in [0.05, 0.1) is 17.8 Å². The Labute approximate surface area is 161 Å². The topological polar surface area (TPSA) is 55.3 Å². The van der Waals surface area contributed by atoms with Gasteiger partial charge in [0.15, 0.2) is 0 Å². The number of fused-ring (bicyclic) bond motifs is 1. The Balaban J connectivity index is 2.29. The minimum atomic E-state index is -0.427. The molecule has 0 aliphatic heterocycles. The minimum absolute atomic E-state index is 0.290. The van der Waals surface area contributed by atoms with Crippen LogP contribution < -0.4 is 4.90 Å². The number of hydrogen-bond acceptors (Lipinski definition) is 5. The van der Waals surface area contributed by atoms with E-state index in [9.17, 15) is 4.79 Å². The van der Waals surface area contributed by atoms with E-state index in [4.69, 9.17) is 27.9 Å². The summed E-state index contributed by atoms with van der Waals surface area (Å²) in [6, 6.07) is 7.16. The molecule has 5 nitrogen and oxygen atoms in total. The molecule has 0 N–H and O–H groups in total. The first-order chi connectivity index (χ1) is 12.4. The predicted octanol–water partition coefficient (Wildman–Crippen LogP) is 4.85. The highest BCUT2D eigenvalue weighted by molar-refractivity contribution is 6.35. The number of esters is 1. The van der Waals surface area contributed by atoms with Gasteiger partial charge in [-0.15, -0.1) is 0 Å². The van der Waals surface area contributed by atoms with Crippen LogP contribution in [0, 0.1) is 0 Å². The molecule has 2 heterocycles. The first kappa shape index (κ1) is 18.4. The molecule has 1 aromatic carbocycles. The summed E-state index contributed by atoms with van der Waals surface area (Å²) in [5.41, 5.74) is 3.95. The molecule has 0 saturated heterocycles. The SMILES string of the molecule is CCOC(=O)c1cnc2c(-c3cc(Cl)cc(Cl)c3)ccnc2c1N(C)C. The van der Waals surface area contributed by atoms with Crippen LogP contribution in [-0.4, -0.2) is 36.6 Å². The number of nitrogens with zero attached hydrogens (tertiary/aromatic N) is 3. The van der Waals surface area contributed by atoms with Crippen molar-refractivity contribution in [3.05, 3.63) is 52.3 Å². The number of pyridine rings is 2. The second-order valence-electron chi connectivity index (χ2n) is 5.85. The predicted molar refractivity (Wildman–Crippen MR) is 105 cm³/mol. The van der Waals surface area contributed by atoms with Crippen LogP contribution in [0.15, 0.2) is 36.7 Å². The van der Waals surface area contributed by atoms with Crippen LogP contribution in [0.5, 0.6) is 0 Å². The fourth-order valence-corrected chi connectivity index (χ4v) is 3.36. The maximum absolute atomic E-state index is 12.3. The number of ether oxygens (including phenoxy) is 1. The van der Waals surface area contributed by atoms with Crippen molar-refractivity contribution in [2.45, 2.75) is 6.92 Å². The lowest BCUT2D eigenvalue weighted by atomic mass is 10.0. The Hall–Kier alpha value is -2.37. The van der Waals surface area contributed by atoms with Gasteiger partial charge in [0, 0.05) is 42.1 Å². The lowest BCUT2D eigenvalue weighted by Crippen LogP contribution is -2.17. The Bertz CT molecular complexity index is 970. The summed E-state index contributed by atoms with van der Waals surface area (Å²) in [7, 11) is 3.70. The number of aromatic nitrogens is 2. The Morgan fingerprint density at radius 1 is 1.12 bits per heavy atom. The third kappa shape index (κ3) is 3.45. The summed E-state index contributed by atoms with van der Waals surface area (Å²) >= 11 is 12.3. The highest BCUT2D eigenvalue weighted by Crippen LogP contribution is 2.35. The monoisotopic (exact) mass is 389 g/mol. The van der Waals surface area contributed by atoms with Crippen LogP contribution in [0.3, 0.4) is 0 Å². The Morgan fingerprint density at radius 2 is 1.81 bits per heavy atom. The average Bonchev–Trinajstić information content (AvgIpc) is 2.59. The molecule has 0 amide bonds. The van der Waals surface area contributed by atoms with Crippen molar-refractivity contribution in [3.63, 3.8) is 0 Å². The van der Waals surface area contributed by atoms with Crippen LogP contribution in [-0.2, 0) is 4.74 Å². The normalized spacial score (nSPS) is 10.8. The number of benzene rings is 1. The van der Waals surface area contributed by atoms with E-state index in [-0.39, 0.29) is 6.61 Å². The van der Waals surface area contributed by atoms with Gasteiger partial charge >= 0.3 is 5.97 Å². The van der Waals surface area contributed by atoms with Crippen molar-refractivity contribution in [3.8, 4) is 11.1 Å². The van der Waals surface area contributed by atoms with Gasteiger partial charge in [-0.25, -0.2) is 4.79 Å². The third-order valence-corrected chi connectivity index (χ3v) is 4.28. The van der Waals surface area contributed by atoms with Crippen LogP contribution in [0.2, 0.25) is 10.0 Å². The van der Waals surface area contributed by atoms with E-state index in [1.54, 1.807) is 19.2 Å². The first-order valence-electron chi connectivity index (χ1n) is 8.01. The molecule has 0 unspecified atom stereocenters. The van der Waals surface area contributed by atoms with E-state index in [0.29, 0.717) is 32.3 Å². The maximum Gasteiger partial charge on any atom is 0.341 e. The number of carbonyl (C=O) groups is 1. The molecular formula is C19H17Cl2N3O2. The van der Waals surface area contributed by atoms with Crippen molar-refractivity contribution in [2.75, 3.05) is 25.6 Å². The average molecular weight is 390 g/mol. The third-order valence-electron chi connectivity index (χ3n) is 3.84. The van der Waals surface area contributed by atoms with Gasteiger partial charge in [0.1, 0.15) is 11.1 Å². The summed E-state index contributed by atoms with van der Waals surface area (Å²) in [5, 5.41) is 1.07. The molecule has 0 spiro atoms. The molecule has 134 valence electrons. The summed E-state index contributed by atoms with van der Waals surface area (Å²) in [6.07, 6.45) is 3.20. The molecule has 26 heavy (non-hydrogen) atoms. The standard InChI is InChI=1S/C19H17Cl2N3O2/c1-4-26-19(25)15-10-23-16-14(11-7-12(20)9-13(21)8-11)5-6-22-17(16)18(15)24(2)3/h5-10H,4H2,1-3H3. The number of halogens is 2. The lowest BCUT2D eigenvalue weighted by molar-refractivity contribution is 0.0527. The molecule has 0 radical (unpaired) electrons. The van der Waals surface area contributed by atoms with Gasteiger partial charge in [-0.1, -0.05) is 23.2 Å². The molecular weight excluding hydrogens is 373 g/mol. The molecule has 0 bridgehead atoms. The first-order valence-corrected chi connectivity index (χ1v) is 8.76. The summed E-state index contributed by atoms with van der Waals surface area (Å²) < 4.78 is 5.15. The van der Waals surface area contributed by atoms with Crippen LogP contribution in [0.25, 0.3) is 22.2 Å². The van der Waals surface area contributed by atoms with Crippen molar-refractivity contribution in [2.24, 2.45) is 0 Å². The fraction of sp³-hybridized carbons (Fsp3) is 0.211. The number of hydrogen-bond donors (Lipinski definition) is 0. The van der Waals surface area contributed by atoms with E-state index >= 15 is 0 Å².